The van der Waals surface area contributed by atoms with Gasteiger partial charge in [-0.2, -0.15) is 0 Å². The van der Waals surface area contributed by atoms with Crippen molar-refractivity contribution in [1.82, 2.24) is 4.72 Å². The molecule has 1 aliphatic rings. The number of hydrogen-bond acceptors (Lipinski definition) is 8. The lowest BCUT2D eigenvalue weighted by atomic mass is 10.2. The summed E-state index contributed by atoms with van der Waals surface area (Å²) in [4.78, 5) is 28.6. The highest BCUT2D eigenvalue weighted by molar-refractivity contribution is 7.90. The van der Waals surface area contributed by atoms with Crippen LogP contribution in [0.4, 0.5) is 5.69 Å². The quantitative estimate of drug-likeness (QED) is 0.499. The lowest BCUT2D eigenvalue weighted by Crippen LogP contribution is -2.34. The molecule has 0 saturated heterocycles. The highest BCUT2D eigenvalue weighted by Crippen LogP contribution is 2.22. The molecule has 2 atom stereocenters. The average Bonchev–Trinajstić information content (AvgIpc) is 2.97. The summed E-state index contributed by atoms with van der Waals surface area (Å²) in [6, 6.07) is 10.3. The van der Waals surface area contributed by atoms with Gasteiger partial charge in [-0.05, 0) is 44.2 Å². The fraction of sp³-hybridized carbons (Fsp3) is 0.211. The Morgan fingerprint density at radius 2 is 1.81 bits per heavy atom. The van der Waals surface area contributed by atoms with Gasteiger partial charge in [0.15, 0.2) is 6.10 Å². The Bertz CT molecular complexity index is 1320. The molecule has 170 valence electrons. The maximum absolute atomic E-state index is 12.4. The summed E-state index contributed by atoms with van der Waals surface area (Å²) in [5.41, 5.74) is 0.474. The van der Waals surface area contributed by atoms with Crippen molar-refractivity contribution in [1.29, 1.82) is 0 Å². The number of amides is 1. The van der Waals surface area contributed by atoms with Crippen LogP contribution in [0.3, 0.4) is 0 Å². The molecule has 0 aromatic heterocycles. The Hall–Kier alpha value is -3.29. The first kappa shape index (κ1) is 23.4. The molecule has 0 radical (unpaired) electrons. The molecule has 1 unspecified atom stereocenters. The van der Waals surface area contributed by atoms with Gasteiger partial charge >= 0.3 is 5.97 Å². The number of nitrogens with one attached hydrogen (secondary N) is 2. The number of esters is 1. The second kappa shape index (κ2) is 8.68. The predicted octanol–water partition coefficient (Wildman–Crippen LogP) is 0.331. The molecule has 4 N–H and O–H groups in total. The number of nitrogens with zero attached hydrogens (tertiary/aromatic N) is 1. The van der Waals surface area contributed by atoms with Gasteiger partial charge in [-0.1, -0.05) is 18.2 Å². The van der Waals surface area contributed by atoms with Crippen molar-refractivity contribution in [3.05, 3.63) is 54.1 Å². The minimum Gasteiger partial charge on any atom is -0.451 e. The Balaban J connectivity index is 1.67. The molecule has 0 fully saturated rings. The first-order valence-electron chi connectivity index (χ1n) is 9.23. The molecule has 0 saturated carbocycles. The number of ether oxygens (including phenoxy) is 1. The van der Waals surface area contributed by atoms with Crippen LogP contribution in [0.2, 0.25) is 0 Å². The third kappa shape index (κ3) is 5.12. The van der Waals surface area contributed by atoms with Gasteiger partial charge in [0, 0.05) is 11.3 Å². The third-order valence-electron chi connectivity index (χ3n) is 4.42. The molecule has 2 aromatic carbocycles. The Morgan fingerprint density at radius 1 is 1.12 bits per heavy atom. The van der Waals surface area contributed by atoms with E-state index in [1.807, 2.05) is 0 Å². The molecule has 0 spiro atoms. The van der Waals surface area contributed by atoms with Crippen LogP contribution in [-0.4, -0.2) is 46.7 Å². The van der Waals surface area contributed by atoms with E-state index in [1.54, 1.807) is 18.2 Å². The molecule has 32 heavy (non-hydrogen) atoms. The van der Waals surface area contributed by atoms with Crippen molar-refractivity contribution in [2.45, 2.75) is 35.8 Å². The maximum Gasteiger partial charge on any atom is 0.331 e. The van der Waals surface area contributed by atoms with Crippen LogP contribution >= 0.6 is 0 Å². The zero-order valence-corrected chi connectivity index (χ0v) is 18.6. The standard InChI is InChI=1S/C19H20N4O7S2/c1-11(21-17-15-8-3-4-9-16(15)32(28,29)23-17)19(25)30-12(2)18(24)22-13-6-5-7-14(10-13)31(20,26)27/h3-12H,1-2H3,(H,21,23)(H,22,24)(H2,20,26,27)/t11-,12?/m0/s1. The van der Waals surface area contributed by atoms with Crippen molar-refractivity contribution < 1.29 is 31.2 Å². The topological polar surface area (TPSA) is 174 Å². The van der Waals surface area contributed by atoms with Crippen LogP contribution in [0.1, 0.15) is 19.4 Å². The molecule has 1 aliphatic heterocycles. The third-order valence-corrected chi connectivity index (χ3v) is 6.73. The second-order valence-electron chi connectivity index (χ2n) is 6.90. The van der Waals surface area contributed by atoms with Gasteiger partial charge in [-0.3, -0.25) is 14.5 Å². The monoisotopic (exact) mass is 480 g/mol. The lowest BCUT2D eigenvalue weighted by molar-refractivity contribution is -0.153. The number of anilines is 1. The van der Waals surface area contributed by atoms with Gasteiger partial charge in [-0.25, -0.2) is 26.8 Å². The van der Waals surface area contributed by atoms with Crippen LogP contribution in [0.25, 0.3) is 0 Å². The summed E-state index contributed by atoms with van der Waals surface area (Å²) in [6.07, 6.45) is -1.24. The number of carbonyl (C=O) groups excluding carboxylic acids is 2. The zero-order chi connectivity index (χ0) is 23.7. The first-order chi connectivity index (χ1) is 14.9. The van der Waals surface area contributed by atoms with Gasteiger partial charge in [-0.15, -0.1) is 0 Å². The van der Waals surface area contributed by atoms with E-state index in [0.717, 1.165) is 0 Å². The van der Waals surface area contributed by atoms with E-state index < -0.39 is 44.1 Å². The number of nitrogens with two attached hydrogens (primary N) is 1. The highest BCUT2D eigenvalue weighted by Gasteiger charge is 2.31. The normalized spacial score (nSPS) is 17.7. The Kier molecular flexibility index (Phi) is 6.34. The average molecular weight is 481 g/mol. The van der Waals surface area contributed by atoms with E-state index in [0.29, 0.717) is 5.56 Å². The zero-order valence-electron chi connectivity index (χ0n) is 17.0. The Morgan fingerprint density at radius 3 is 2.50 bits per heavy atom. The number of sulfonamides is 2. The summed E-state index contributed by atoms with van der Waals surface area (Å²) in [6.45, 7) is 2.72. The van der Waals surface area contributed by atoms with Gasteiger partial charge in [0.2, 0.25) is 10.0 Å². The van der Waals surface area contributed by atoms with Crippen molar-refractivity contribution in [2.75, 3.05) is 5.32 Å². The van der Waals surface area contributed by atoms with Crippen LogP contribution in [0, 0.1) is 0 Å². The van der Waals surface area contributed by atoms with Crippen molar-refractivity contribution in [3.63, 3.8) is 0 Å². The lowest BCUT2D eigenvalue weighted by Gasteiger charge is -2.15. The molecular formula is C19H20N4O7S2. The number of fused-ring (bicyclic) bond motifs is 1. The van der Waals surface area contributed by atoms with Gasteiger partial charge in [0.25, 0.3) is 15.9 Å². The molecule has 13 heteroatoms. The van der Waals surface area contributed by atoms with Gasteiger partial charge in [0.1, 0.15) is 11.9 Å². The number of benzene rings is 2. The van der Waals surface area contributed by atoms with E-state index in [1.165, 1.54) is 44.2 Å². The fourth-order valence-electron chi connectivity index (χ4n) is 2.80. The second-order valence-corrected chi connectivity index (χ2v) is 10.1. The summed E-state index contributed by atoms with van der Waals surface area (Å²) in [5.74, 6) is -1.57. The SMILES string of the molecule is CC(OC(=O)[C@H](C)N=C1NS(=O)(=O)c2ccccc21)C(=O)Nc1cccc(S(N)(=O)=O)c1. The number of hydrogen-bond donors (Lipinski definition) is 3. The van der Waals surface area contributed by atoms with E-state index in [4.69, 9.17) is 9.88 Å². The number of rotatable bonds is 6. The van der Waals surface area contributed by atoms with E-state index in [2.05, 4.69) is 15.0 Å². The molecule has 3 rings (SSSR count). The molecule has 2 aromatic rings. The minimum atomic E-state index is -3.95. The summed E-state index contributed by atoms with van der Waals surface area (Å²) in [5, 5.41) is 7.50. The summed E-state index contributed by atoms with van der Waals surface area (Å²) in [7, 11) is -7.71. The smallest absolute Gasteiger partial charge is 0.331 e. The van der Waals surface area contributed by atoms with Crippen LogP contribution in [0.15, 0.2) is 63.3 Å². The number of primary sulfonamides is 1. The molecule has 0 aliphatic carbocycles. The Labute approximate surface area is 184 Å². The first-order valence-corrected chi connectivity index (χ1v) is 12.3. The highest BCUT2D eigenvalue weighted by atomic mass is 32.2. The molecular weight excluding hydrogens is 460 g/mol. The molecule has 11 nitrogen and oxygen atoms in total. The van der Waals surface area contributed by atoms with E-state index in [9.17, 15) is 26.4 Å². The molecule has 0 bridgehead atoms. The van der Waals surface area contributed by atoms with E-state index >= 15 is 0 Å². The van der Waals surface area contributed by atoms with Gasteiger partial charge < -0.3 is 10.1 Å². The van der Waals surface area contributed by atoms with Gasteiger partial charge in [0.05, 0.1) is 9.79 Å². The van der Waals surface area contributed by atoms with Crippen molar-refractivity contribution in [3.8, 4) is 0 Å². The number of aliphatic imine (C=N–C) groups is 1. The van der Waals surface area contributed by atoms with Crippen LogP contribution in [-0.2, 0) is 34.4 Å². The van der Waals surface area contributed by atoms with Crippen molar-refractivity contribution >= 4 is 43.4 Å². The predicted molar refractivity (Wildman–Crippen MR) is 115 cm³/mol. The minimum absolute atomic E-state index is 0.00182. The van der Waals surface area contributed by atoms with Crippen molar-refractivity contribution in [2.24, 2.45) is 10.1 Å². The van der Waals surface area contributed by atoms with Crippen LogP contribution in [0.5, 0.6) is 0 Å². The number of carbonyl (C=O) groups is 2. The number of amidine groups is 1. The maximum atomic E-state index is 12.4. The molecule has 1 amide bonds. The molecule has 1 heterocycles. The summed E-state index contributed by atoms with van der Waals surface area (Å²) >= 11 is 0. The fourth-order valence-corrected chi connectivity index (χ4v) is 4.60. The van der Waals surface area contributed by atoms with Crippen LogP contribution < -0.4 is 15.2 Å². The summed E-state index contributed by atoms with van der Waals surface area (Å²) < 4.78 is 54.5. The van der Waals surface area contributed by atoms with E-state index in [-0.39, 0.29) is 21.3 Å². The largest absolute Gasteiger partial charge is 0.451 e.